The number of thiocarbonyl (C=S) groups is 1. The Bertz CT molecular complexity index is 349. The van der Waals surface area contributed by atoms with Gasteiger partial charge in [0.2, 0.25) is 0 Å². The fraction of sp³-hybridized carbons (Fsp3) is 0.417. The Morgan fingerprint density at radius 3 is 2.44 bits per heavy atom. The third-order valence-corrected chi connectivity index (χ3v) is 3.07. The average molecular weight is 237 g/mol. The lowest BCUT2D eigenvalue weighted by Gasteiger charge is -2.30. The molecular formula is C12H19N3S. The fourth-order valence-electron chi connectivity index (χ4n) is 1.54. The molecule has 6 N–H and O–H groups in total. The molecule has 0 aliphatic rings. The monoisotopic (exact) mass is 237 g/mol. The first-order chi connectivity index (χ1) is 7.43. The molecule has 0 amide bonds. The van der Waals surface area contributed by atoms with Crippen molar-refractivity contribution in [3.8, 4) is 0 Å². The van der Waals surface area contributed by atoms with Crippen LogP contribution in [0.25, 0.3) is 0 Å². The molecule has 16 heavy (non-hydrogen) atoms. The highest BCUT2D eigenvalue weighted by atomic mass is 32.1. The Labute approximate surface area is 102 Å². The average Bonchev–Trinajstić information content (AvgIpc) is 2.27. The van der Waals surface area contributed by atoms with Crippen LogP contribution < -0.4 is 17.2 Å². The van der Waals surface area contributed by atoms with Gasteiger partial charge in [-0.3, -0.25) is 0 Å². The van der Waals surface area contributed by atoms with E-state index < -0.39 is 11.6 Å². The summed E-state index contributed by atoms with van der Waals surface area (Å²) in [5, 5.41) is 0. The second-order valence-electron chi connectivity index (χ2n) is 4.37. The van der Waals surface area contributed by atoms with Gasteiger partial charge in [0.15, 0.2) is 0 Å². The van der Waals surface area contributed by atoms with E-state index in [1.54, 1.807) is 0 Å². The van der Waals surface area contributed by atoms with Crippen LogP contribution in [0.2, 0.25) is 0 Å². The van der Waals surface area contributed by atoms with E-state index in [1.165, 1.54) is 5.56 Å². The maximum absolute atomic E-state index is 6.12. The minimum Gasteiger partial charge on any atom is -0.392 e. The summed E-state index contributed by atoms with van der Waals surface area (Å²) in [6.07, 6.45) is 1.64. The molecule has 0 fully saturated rings. The van der Waals surface area contributed by atoms with E-state index in [1.807, 2.05) is 25.1 Å². The SMILES string of the molecule is C[C@@](N)(CCc1ccccc1)[C@@H](N)C(N)=S. The number of benzene rings is 1. The van der Waals surface area contributed by atoms with Crippen molar-refractivity contribution in [2.45, 2.75) is 31.3 Å². The highest BCUT2D eigenvalue weighted by Crippen LogP contribution is 2.14. The Morgan fingerprint density at radius 1 is 1.38 bits per heavy atom. The minimum atomic E-state index is -0.554. The Hall–Kier alpha value is -0.970. The van der Waals surface area contributed by atoms with Crippen molar-refractivity contribution in [2.24, 2.45) is 17.2 Å². The molecule has 0 aliphatic heterocycles. The zero-order valence-electron chi connectivity index (χ0n) is 9.52. The molecule has 0 aliphatic carbocycles. The highest BCUT2D eigenvalue weighted by Gasteiger charge is 2.28. The standard InChI is InChI=1S/C12H19N3S/c1-12(15,10(13)11(14)16)8-7-9-5-3-2-4-6-9/h2-6,10H,7-8,13,15H2,1H3,(H2,14,16)/t10-,12+/m0/s1. The summed E-state index contributed by atoms with van der Waals surface area (Å²) in [5.41, 5.74) is 18.2. The van der Waals surface area contributed by atoms with Crippen molar-refractivity contribution in [1.29, 1.82) is 0 Å². The summed E-state index contributed by atoms with van der Waals surface area (Å²) in [6, 6.07) is 9.72. The first-order valence-electron chi connectivity index (χ1n) is 5.31. The maximum Gasteiger partial charge on any atom is 0.0916 e. The molecule has 0 heterocycles. The molecular weight excluding hydrogens is 218 g/mol. The van der Waals surface area contributed by atoms with Crippen molar-refractivity contribution in [2.75, 3.05) is 0 Å². The third kappa shape index (κ3) is 3.56. The van der Waals surface area contributed by atoms with Gasteiger partial charge in [0.05, 0.1) is 11.0 Å². The second kappa shape index (κ2) is 5.39. The summed E-state index contributed by atoms with van der Waals surface area (Å²) in [7, 11) is 0. The predicted octanol–water partition coefficient (Wildman–Crippen LogP) is 0.950. The number of hydrogen-bond donors (Lipinski definition) is 3. The smallest absolute Gasteiger partial charge is 0.0916 e. The second-order valence-corrected chi connectivity index (χ2v) is 4.84. The lowest BCUT2D eigenvalue weighted by atomic mass is 9.87. The van der Waals surface area contributed by atoms with Crippen molar-refractivity contribution < 1.29 is 0 Å². The first-order valence-corrected chi connectivity index (χ1v) is 5.72. The first kappa shape index (κ1) is 13.1. The predicted molar refractivity (Wildman–Crippen MR) is 72.1 cm³/mol. The molecule has 1 aromatic carbocycles. The van der Waals surface area contributed by atoms with Crippen LogP contribution in [0, 0.1) is 0 Å². The van der Waals surface area contributed by atoms with Gasteiger partial charge in [0, 0.05) is 5.54 Å². The Balaban J connectivity index is 2.57. The molecule has 0 radical (unpaired) electrons. The summed E-state index contributed by atoms with van der Waals surface area (Å²) in [6.45, 7) is 1.89. The molecule has 0 saturated heterocycles. The number of aryl methyl sites for hydroxylation is 1. The normalized spacial score (nSPS) is 16.4. The highest BCUT2D eigenvalue weighted by molar-refractivity contribution is 7.80. The van der Waals surface area contributed by atoms with E-state index in [-0.39, 0.29) is 4.99 Å². The zero-order valence-corrected chi connectivity index (χ0v) is 10.3. The summed E-state index contributed by atoms with van der Waals surface area (Å²) < 4.78 is 0. The third-order valence-electron chi connectivity index (χ3n) is 2.81. The van der Waals surface area contributed by atoms with Crippen molar-refractivity contribution in [1.82, 2.24) is 0 Å². The van der Waals surface area contributed by atoms with Gasteiger partial charge in [-0.25, -0.2) is 0 Å². The Kier molecular flexibility index (Phi) is 4.41. The van der Waals surface area contributed by atoms with E-state index in [0.717, 1.165) is 12.8 Å². The molecule has 1 rings (SSSR count). The molecule has 0 aromatic heterocycles. The lowest BCUT2D eigenvalue weighted by Crippen LogP contribution is -2.58. The van der Waals surface area contributed by atoms with Gasteiger partial charge in [-0.1, -0.05) is 42.5 Å². The molecule has 0 unspecified atom stereocenters. The van der Waals surface area contributed by atoms with Gasteiger partial charge in [-0.05, 0) is 25.3 Å². The van der Waals surface area contributed by atoms with Crippen LogP contribution in [0.15, 0.2) is 30.3 Å². The number of nitrogens with two attached hydrogens (primary N) is 3. The quantitative estimate of drug-likeness (QED) is 0.666. The molecule has 1 aromatic rings. The molecule has 0 spiro atoms. The molecule has 0 bridgehead atoms. The van der Waals surface area contributed by atoms with Crippen molar-refractivity contribution in [3.63, 3.8) is 0 Å². The summed E-state index contributed by atoms with van der Waals surface area (Å²) in [4.78, 5) is 0.276. The maximum atomic E-state index is 6.12. The van der Waals surface area contributed by atoms with Crippen molar-refractivity contribution in [3.05, 3.63) is 35.9 Å². The minimum absolute atomic E-state index is 0.276. The van der Waals surface area contributed by atoms with Crippen LogP contribution >= 0.6 is 12.2 Å². The van der Waals surface area contributed by atoms with Crippen LogP contribution in [0.3, 0.4) is 0 Å². The van der Waals surface area contributed by atoms with Gasteiger partial charge in [-0.2, -0.15) is 0 Å². The van der Waals surface area contributed by atoms with E-state index >= 15 is 0 Å². The zero-order chi connectivity index (χ0) is 12.2. The van der Waals surface area contributed by atoms with E-state index in [2.05, 4.69) is 12.1 Å². The summed E-state index contributed by atoms with van der Waals surface area (Å²) >= 11 is 4.87. The molecule has 88 valence electrons. The van der Waals surface area contributed by atoms with E-state index in [0.29, 0.717) is 0 Å². The van der Waals surface area contributed by atoms with Crippen molar-refractivity contribution >= 4 is 17.2 Å². The lowest BCUT2D eigenvalue weighted by molar-refractivity contribution is 0.406. The van der Waals surface area contributed by atoms with Gasteiger partial charge in [0.1, 0.15) is 0 Å². The van der Waals surface area contributed by atoms with Gasteiger partial charge < -0.3 is 17.2 Å². The van der Waals surface area contributed by atoms with Gasteiger partial charge in [0.25, 0.3) is 0 Å². The topological polar surface area (TPSA) is 78.1 Å². The van der Waals surface area contributed by atoms with Crippen LogP contribution in [0.5, 0.6) is 0 Å². The largest absolute Gasteiger partial charge is 0.392 e. The molecule has 0 saturated carbocycles. The van der Waals surface area contributed by atoms with Crippen LogP contribution in [-0.4, -0.2) is 16.6 Å². The van der Waals surface area contributed by atoms with E-state index in [4.69, 9.17) is 29.4 Å². The van der Waals surface area contributed by atoms with Crippen LogP contribution in [0.4, 0.5) is 0 Å². The van der Waals surface area contributed by atoms with Gasteiger partial charge >= 0.3 is 0 Å². The van der Waals surface area contributed by atoms with Crippen LogP contribution in [0.1, 0.15) is 18.9 Å². The van der Waals surface area contributed by atoms with E-state index in [9.17, 15) is 0 Å². The summed E-state index contributed by atoms with van der Waals surface area (Å²) in [5.74, 6) is 0. The van der Waals surface area contributed by atoms with Gasteiger partial charge in [-0.15, -0.1) is 0 Å². The molecule has 2 atom stereocenters. The fourth-order valence-corrected chi connectivity index (χ4v) is 1.81. The number of hydrogen-bond acceptors (Lipinski definition) is 3. The van der Waals surface area contributed by atoms with Crippen LogP contribution in [-0.2, 0) is 6.42 Å². The number of rotatable bonds is 5. The molecule has 4 heteroatoms. The molecule has 3 nitrogen and oxygen atoms in total. The Morgan fingerprint density at radius 2 is 1.94 bits per heavy atom.